The first-order valence-electron chi connectivity index (χ1n) is 5.98. The van der Waals surface area contributed by atoms with Gasteiger partial charge in [-0.15, -0.1) is 0 Å². The third kappa shape index (κ3) is 2.86. The number of nitrogens with two attached hydrogens (primary N) is 2. The van der Waals surface area contributed by atoms with Gasteiger partial charge in [-0.2, -0.15) is 13.2 Å². The number of nitrogens with zero attached hydrogens (tertiary/aromatic N) is 2. The Morgan fingerprint density at radius 2 is 1.53 bits per heavy atom. The number of hydrogen-bond acceptors (Lipinski definition) is 4. The summed E-state index contributed by atoms with van der Waals surface area (Å²) in [6.07, 6.45) is -4.43. The summed E-state index contributed by atoms with van der Waals surface area (Å²) < 4.78 is 39.2. The van der Waals surface area contributed by atoms with Gasteiger partial charge < -0.3 is 21.3 Å². The van der Waals surface area contributed by atoms with E-state index in [0.29, 0.717) is 13.1 Å². The molecule has 1 fully saturated rings. The van der Waals surface area contributed by atoms with Crippen molar-refractivity contribution in [3.05, 3.63) is 17.7 Å². The Hall–Kier alpha value is -1.63. The number of anilines is 3. The lowest BCUT2D eigenvalue weighted by molar-refractivity contribution is -0.137. The minimum Gasteiger partial charge on any atom is -0.397 e. The van der Waals surface area contributed by atoms with Gasteiger partial charge in [0.05, 0.1) is 22.6 Å². The maximum atomic E-state index is 13.1. The van der Waals surface area contributed by atoms with Crippen LogP contribution < -0.4 is 16.4 Å². The normalized spacial score (nSPS) is 17.8. The number of likely N-dealkylation sites (N-methyl/N-ethyl adjacent to an activating group) is 1. The van der Waals surface area contributed by atoms with Crippen LogP contribution in [0.1, 0.15) is 5.56 Å². The molecule has 4 nitrogen and oxygen atoms in total. The lowest BCUT2D eigenvalue weighted by atomic mass is 10.1. The van der Waals surface area contributed by atoms with Gasteiger partial charge in [-0.1, -0.05) is 0 Å². The van der Waals surface area contributed by atoms with Crippen molar-refractivity contribution in [3.63, 3.8) is 0 Å². The zero-order valence-corrected chi connectivity index (χ0v) is 10.7. The molecule has 1 aliphatic rings. The number of halogens is 3. The number of piperazine rings is 1. The van der Waals surface area contributed by atoms with Crippen LogP contribution in [0.25, 0.3) is 0 Å². The molecule has 1 aromatic rings. The van der Waals surface area contributed by atoms with Gasteiger partial charge in [0, 0.05) is 26.2 Å². The third-order valence-corrected chi connectivity index (χ3v) is 3.35. The van der Waals surface area contributed by atoms with Crippen molar-refractivity contribution in [1.29, 1.82) is 0 Å². The van der Waals surface area contributed by atoms with Crippen molar-refractivity contribution in [2.45, 2.75) is 6.18 Å². The maximum Gasteiger partial charge on any atom is 0.418 e. The van der Waals surface area contributed by atoms with E-state index in [2.05, 4.69) is 4.90 Å². The van der Waals surface area contributed by atoms with Gasteiger partial charge in [-0.25, -0.2) is 0 Å². The van der Waals surface area contributed by atoms with Crippen molar-refractivity contribution in [3.8, 4) is 0 Å². The van der Waals surface area contributed by atoms with Gasteiger partial charge in [0.2, 0.25) is 0 Å². The highest BCUT2D eigenvalue weighted by molar-refractivity contribution is 5.73. The second kappa shape index (κ2) is 4.80. The fraction of sp³-hybridized carbons (Fsp3) is 0.500. The molecular formula is C12H17F3N4. The minimum absolute atomic E-state index is 0.0368. The summed E-state index contributed by atoms with van der Waals surface area (Å²) in [4.78, 5) is 3.78. The number of benzene rings is 1. The molecule has 1 aromatic carbocycles. The van der Waals surface area contributed by atoms with E-state index in [-0.39, 0.29) is 17.1 Å². The molecule has 0 bridgehead atoms. The molecule has 0 spiro atoms. The van der Waals surface area contributed by atoms with E-state index in [1.54, 1.807) is 4.90 Å². The van der Waals surface area contributed by atoms with Crippen molar-refractivity contribution in [2.24, 2.45) is 0 Å². The van der Waals surface area contributed by atoms with Crippen LogP contribution in [0.4, 0.5) is 30.2 Å². The summed E-state index contributed by atoms with van der Waals surface area (Å²) in [7, 11) is 1.94. The molecule has 0 aromatic heterocycles. The lowest BCUT2D eigenvalue weighted by Gasteiger charge is -2.35. The topological polar surface area (TPSA) is 58.5 Å². The molecule has 1 aliphatic heterocycles. The monoisotopic (exact) mass is 274 g/mol. The zero-order chi connectivity index (χ0) is 14.2. The molecule has 0 aliphatic carbocycles. The van der Waals surface area contributed by atoms with Gasteiger partial charge in [0.15, 0.2) is 0 Å². The van der Waals surface area contributed by atoms with Gasteiger partial charge in [0.1, 0.15) is 0 Å². The minimum atomic E-state index is -4.43. The van der Waals surface area contributed by atoms with E-state index >= 15 is 0 Å². The highest BCUT2D eigenvalue weighted by Crippen LogP contribution is 2.40. The largest absolute Gasteiger partial charge is 0.418 e. The van der Waals surface area contributed by atoms with E-state index in [9.17, 15) is 13.2 Å². The van der Waals surface area contributed by atoms with Crippen LogP contribution in [0, 0.1) is 0 Å². The second-order valence-corrected chi connectivity index (χ2v) is 4.79. The van der Waals surface area contributed by atoms with E-state index in [1.165, 1.54) is 6.07 Å². The second-order valence-electron chi connectivity index (χ2n) is 4.79. The molecule has 4 N–H and O–H groups in total. The van der Waals surface area contributed by atoms with Crippen molar-refractivity contribution < 1.29 is 13.2 Å². The van der Waals surface area contributed by atoms with Gasteiger partial charge >= 0.3 is 6.18 Å². The van der Waals surface area contributed by atoms with Crippen molar-refractivity contribution >= 4 is 17.1 Å². The number of hydrogen-bond donors (Lipinski definition) is 2. The van der Waals surface area contributed by atoms with Crippen molar-refractivity contribution in [2.75, 3.05) is 49.6 Å². The predicted molar refractivity (Wildman–Crippen MR) is 70.0 cm³/mol. The van der Waals surface area contributed by atoms with Gasteiger partial charge in [0.25, 0.3) is 0 Å². The Kier molecular flexibility index (Phi) is 3.49. The van der Waals surface area contributed by atoms with Crippen molar-refractivity contribution in [1.82, 2.24) is 4.90 Å². The van der Waals surface area contributed by atoms with E-state index in [1.807, 2.05) is 7.05 Å². The summed E-state index contributed by atoms with van der Waals surface area (Å²) in [5.41, 5.74) is 10.7. The Morgan fingerprint density at radius 1 is 1.00 bits per heavy atom. The lowest BCUT2D eigenvalue weighted by Crippen LogP contribution is -2.45. The first-order valence-corrected chi connectivity index (χ1v) is 5.98. The number of alkyl halides is 3. The average molecular weight is 274 g/mol. The Bertz CT molecular complexity index is 465. The predicted octanol–water partition coefficient (Wildman–Crippen LogP) is 1.62. The molecule has 1 heterocycles. The van der Waals surface area contributed by atoms with Crippen LogP contribution in [-0.2, 0) is 6.18 Å². The molecule has 0 amide bonds. The summed E-state index contributed by atoms with van der Waals surface area (Å²) in [5.74, 6) is 0. The molecule has 0 saturated carbocycles. The molecule has 0 radical (unpaired) electrons. The fourth-order valence-electron chi connectivity index (χ4n) is 2.16. The van der Waals surface area contributed by atoms with Crippen LogP contribution in [0.5, 0.6) is 0 Å². The molecule has 2 rings (SSSR count). The van der Waals surface area contributed by atoms with Crippen LogP contribution >= 0.6 is 0 Å². The van der Waals surface area contributed by atoms with Crippen LogP contribution in [0.2, 0.25) is 0 Å². The smallest absolute Gasteiger partial charge is 0.397 e. The van der Waals surface area contributed by atoms with Crippen LogP contribution in [0.15, 0.2) is 12.1 Å². The fourth-order valence-corrected chi connectivity index (χ4v) is 2.16. The number of nitrogen functional groups attached to an aromatic ring is 2. The summed E-state index contributed by atoms with van der Waals surface area (Å²) in [6.45, 7) is 2.54. The molecule has 0 unspecified atom stereocenters. The molecule has 7 heteroatoms. The molecule has 0 atom stereocenters. The Balaban J connectivity index is 2.40. The quantitative estimate of drug-likeness (QED) is 0.764. The van der Waals surface area contributed by atoms with Gasteiger partial charge in [-0.05, 0) is 19.2 Å². The Morgan fingerprint density at radius 3 is 2.05 bits per heavy atom. The first-order chi connectivity index (χ1) is 8.79. The molecule has 106 valence electrons. The average Bonchev–Trinajstić information content (AvgIpc) is 2.32. The first kappa shape index (κ1) is 13.8. The maximum absolute atomic E-state index is 13.1. The highest BCUT2D eigenvalue weighted by Gasteiger charge is 2.36. The van der Waals surface area contributed by atoms with E-state index in [4.69, 9.17) is 11.5 Å². The third-order valence-electron chi connectivity index (χ3n) is 3.35. The zero-order valence-electron chi connectivity index (χ0n) is 10.7. The Labute approximate surface area is 109 Å². The van der Waals surface area contributed by atoms with Crippen LogP contribution in [-0.4, -0.2) is 38.1 Å². The molecule has 19 heavy (non-hydrogen) atoms. The molecule has 1 saturated heterocycles. The van der Waals surface area contributed by atoms with Crippen LogP contribution in [0.3, 0.4) is 0 Å². The summed E-state index contributed by atoms with van der Waals surface area (Å²) in [6, 6.07) is 2.24. The summed E-state index contributed by atoms with van der Waals surface area (Å²) >= 11 is 0. The molecular weight excluding hydrogens is 257 g/mol. The van der Waals surface area contributed by atoms with E-state index < -0.39 is 11.7 Å². The SMILES string of the molecule is CN1CCN(c2cc(N)c(N)cc2C(F)(F)F)CC1. The summed E-state index contributed by atoms with van der Waals surface area (Å²) in [5, 5.41) is 0. The highest BCUT2D eigenvalue weighted by atomic mass is 19.4. The van der Waals surface area contributed by atoms with Gasteiger partial charge in [-0.3, -0.25) is 0 Å². The standard InChI is InChI=1S/C12H17F3N4/c1-18-2-4-19(5-3-18)11-7-10(17)9(16)6-8(11)12(13,14)15/h6-7H,2-5,16-17H2,1H3. The number of rotatable bonds is 1. The van der Waals surface area contributed by atoms with E-state index in [0.717, 1.165) is 19.2 Å².